The lowest BCUT2D eigenvalue weighted by molar-refractivity contribution is 0.0941. The maximum absolute atomic E-state index is 12.9. The third kappa shape index (κ3) is 5.41. The molecule has 1 amide bonds. The molecular weight excluding hydrogens is 362 g/mol. The maximum atomic E-state index is 12.9. The lowest BCUT2D eigenvalue weighted by atomic mass is 9.96. The van der Waals surface area contributed by atoms with Crippen LogP contribution < -0.4 is 11.1 Å². The molecule has 142 valence electrons. The van der Waals surface area contributed by atoms with Gasteiger partial charge in [-0.05, 0) is 38.0 Å². The number of carbonyl (C=O) groups is 1. The fourth-order valence-electron chi connectivity index (χ4n) is 2.97. The van der Waals surface area contributed by atoms with E-state index >= 15 is 0 Å². The van der Waals surface area contributed by atoms with Gasteiger partial charge in [0.1, 0.15) is 0 Å². The molecule has 0 saturated heterocycles. The summed E-state index contributed by atoms with van der Waals surface area (Å²) in [7, 11) is -1.97. The molecule has 0 spiro atoms. The highest BCUT2D eigenvalue weighted by molar-refractivity contribution is 7.89. The van der Waals surface area contributed by atoms with Crippen LogP contribution in [0, 0.1) is 0 Å². The predicted molar refractivity (Wildman–Crippen MR) is 101 cm³/mol. The Labute approximate surface area is 156 Å². The first kappa shape index (κ1) is 21.9. The summed E-state index contributed by atoms with van der Waals surface area (Å²) in [5.41, 5.74) is 5.83. The molecule has 1 aromatic carbocycles. The fourth-order valence-corrected chi connectivity index (χ4v) is 4.43. The zero-order valence-corrected chi connectivity index (χ0v) is 16.4. The van der Waals surface area contributed by atoms with Gasteiger partial charge in [-0.15, -0.1) is 12.4 Å². The highest BCUT2D eigenvalue weighted by Crippen LogP contribution is 2.26. The number of hydrogen-bond donors (Lipinski definition) is 2. The van der Waals surface area contributed by atoms with E-state index in [0.717, 1.165) is 25.7 Å². The summed E-state index contributed by atoms with van der Waals surface area (Å²) in [5.74, 6) is -0.315. The Balaban J connectivity index is 0.00000312. The second-order valence-electron chi connectivity index (χ2n) is 6.45. The molecule has 1 aromatic rings. The van der Waals surface area contributed by atoms with E-state index in [1.54, 1.807) is 26.1 Å². The van der Waals surface area contributed by atoms with Crippen LogP contribution in [0.15, 0.2) is 29.2 Å². The number of nitrogens with two attached hydrogens (primary N) is 1. The SMILES string of the molecule is C[C@@H](CN)NC(=O)c1cccc(S(=O)(=O)N(C)C2CCCCC2)c1.Cl. The van der Waals surface area contributed by atoms with Crippen LogP contribution in [-0.4, -0.2) is 44.3 Å². The van der Waals surface area contributed by atoms with E-state index in [-0.39, 0.29) is 35.3 Å². The molecule has 1 aliphatic carbocycles. The molecule has 0 bridgehead atoms. The summed E-state index contributed by atoms with van der Waals surface area (Å²) in [4.78, 5) is 12.3. The van der Waals surface area contributed by atoms with E-state index in [2.05, 4.69) is 5.32 Å². The Morgan fingerprint density at radius 2 is 1.96 bits per heavy atom. The molecule has 0 radical (unpaired) electrons. The average Bonchev–Trinajstić information content (AvgIpc) is 2.61. The zero-order valence-electron chi connectivity index (χ0n) is 14.8. The van der Waals surface area contributed by atoms with Crippen LogP contribution in [0.25, 0.3) is 0 Å². The summed E-state index contributed by atoms with van der Waals surface area (Å²) in [6.07, 6.45) is 5.07. The minimum atomic E-state index is -3.60. The smallest absolute Gasteiger partial charge is 0.251 e. The van der Waals surface area contributed by atoms with Crippen molar-refractivity contribution in [3.8, 4) is 0 Å². The minimum Gasteiger partial charge on any atom is -0.348 e. The van der Waals surface area contributed by atoms with E-state index < -0.39 is 10.0 Å². The first-order valence-electron chi connectivity index (χ1n) is 8.45. The number of halogens is 1. The molecule has 1 atom stereocenters. The van der Waals surface area contributed by atoms with Crippen molar-refractivity contribution in [1.82, 2.24) is 9.62 Å². The van der Waals surface area contributed by atoms with Gasteiger partial charge in [0.05, 0.1) is 4.90 Å². The largest absolute Gasteiger partial charge is 0.348 e. The van der Waals surface area contributed by atoms with E-state index in [1.165, 1.54) is 22.9 Å². The summed E-state index contributed by atoms with van der Waals surface area (Å²) in [5, 5.41) is 2.74. The number of nitrogens with zero attached hydrogens (tertiary/aromatic N) is 1. The van der Waals surface area contributed by atoms with Crippen LogP contribution in [0.4, 0.5) is 0 Å². The number of nitrogens with one attached hydrogen (secondary N) is 1. The van der Waals surface area contributed by atoms with Crippen molar-refractivity contribution < 1.29 is 13.2 Å². The average molecular weight is 390 g/mol. The van der Waals surface area contributed by atoms with Gasteiger partial charge in [-0.2, -0.15) is 4.31 Å². The first-order chi connectivity index (χ1) is 11.4. The number of rotatable bonds is 6. The molecule has 0 aliphatic heterocycles. The molecule has 1 fully saturated rings. The Bertz CT molecular complexity index is 675. The fraction of sp³-hybridized carbons (Fsp3) is 0.588. The quantitative estimate of drug-likeness (QED) is 0.779. The lowest BCUT2D eigenvalue weighted by Gasteiger charge is -2.30. The van der Waals surface area contributed by atoms with Crippen molar-refractivity contribution in [2.45, 2.75) is 56.0 Å². The van der Waals surface area contributed by atoms with Crippen molar-refractivity contribution >= 4 is 28.3 Å². The molecule has 6 nitrogen and oxygen atoms in total. The third-order valence-corrected chi connectivity index (χ3v) is 6.50. The summed E-state index contributed by atoms with van der Waals surface area (Å²) in [6.45, 7) is 2.13. The van der Waals surface area contributed by atoms with Crippen LogP contribution in [0.1, 0.15) is 49.4 Å². The standard InChI is InChI=1S/C17H27N3O3S.ClH/c1-13(12-18)19-17(21)14-7-6-10-16(11-14)24(22,23)20(2)15-8-4-3-5-9-15;/h6-7,10-11,13,15H,3-5,8-9,12,18H2,1-2H3,(H,19,21);1H/t13-;/m0./s1. The van der Waals surface area contributed by atoms with Crippen molar-refractivity contribution in [3.05, 3.63) is 29.8 Å². The van der Waals surface area contributed by atoms with Gasteiger partial charge >= 0.3 is 0 Å². The highest BCUT2D eigenvalue weighted by atomic mass is 35.5. The summed E-state index contributed by atoms with van der Waals surface area (Å²) < 4.78 is 27.2. The topological polar surface area (TPSA) is 92.5 Å². The van der Waals surface area contributed by atoms with Crippen molar-refractivity contribution in [2.24, 2.45) is 5.73 Å². The van der Waals surface area contributed by atoms with Gasteiger partial charge in [-0.3, -0.25) is 4.79 Å². The van der Waals surface area contributed by atoms with E-state index in [4.69, 9.17) is 5.73 Å². The monoisotopic (exact) mass is 389 g/mol. The van der Waals surface area contributed by atoms with Gasteiger partial charge in [0.25, 0.3) is 5.91 Å². The molecule has 0 heterocycles. The number of sulfonamides is 1. The normalized spacial score (nSPS) is 17.0. The van der Waals surface area contributed by atoms with Gasteiger partial charge in [-0.1, -0.05) is 25.3 Å². The second kappa shape index (κ2) is 9.52. The molecule has 1 aliphatic rings. The maximum Gasteiger partial charge on any atom is 0.251 e. The lowest BCUT2D eigenvalue weighted by Crippen LogP contribution is -2.39. The van der Waals surface area contributed by atoms with Gasteiger partial charge in [0.15, 0.2) is 0 Å². The van der Waals surface area contributed by atoms with Gasteiger partial charge in [0.2, 0.25) is 10.0 Å². The number of benzene rings is 1. The van der Waals surface area contributed by atoms with Crippen LogP contribution >= 0.6 is 12.4 Å². The predicted octanol–water partition coefficient (Wildman–Crippen LogP) is 2.14. The second-order valence-corrected chi connectivity index (χ2v) is 8.45. The van der Waals surface area contributed by atoms with E-state index in [1.807, 2.05) is 0 Å². The van der Waals surface area contributed by atoms with Crippen LogP contribution in [0.3, 0.4) is 0 Å². The first-order valence-corrected chi connectivity index (χ1v) is 9.89. The molecule has 25 heavy (non-hydrogen) atoms. The molecule has 1 saturated carbocycles. The molecule has 0 unspecified atom stereocenters. The van der Waals surface area contributed by atoms with Crippen LogP contribution in [-0.2, 0) is 10.0 Å². The highest BCUT2D eigenvalue weighted by Gasteiger charge is 2.29. The molecule has 3 N–H and O–H groups in total. The van der Waals surface area contributed by atoms with Gasteiger partial charge in [-0.25, -0.2) is 8.42 Å². The Hall–Kier alpha value is -1.15. The van der Waals surface area contributed by atoms with E-state index in [9.17, 15) is 13.2 Å². The zero-order chi connectivity index (χ0) is 17.7. The van der Waals surface area contributed by atoms with Crippen LogP contribution in [0.2, 0.25) is 0 Å². The Kier molecular flexibility index (Phi) is 8.34. The van der Waals surface area contributed by atoms with Gasteiger partial charge in [0, 0.05) is 31.2 Å². The number of carbonyl (C=O) groups excluding carboxylic acids is 1. The van der Waals surface area contributed by atoms with Crippen molar-refractivity contribution in [3.63, 3.8) is 0 Å². The minimum absolute atomic E-state index is 0. The Morgan fingerprint density at radius 1 is 1.32 bits per heavy atom. The molecule has 2 rings (SSSR count). The van der Waals surface area contributed by atoms with Crippen molar-refractivity contribution in [1.29, 1.82) is 0 Å². The van der Waals surface area contributed by atoms with Gasteiger partial charge < -0.3 is 11.1 Å². The van der Waals surface area contributed by atoms with Crippen molar-refractivity contribution in [2.75, 3.05) is 13.6 Å². The van der Waals surface area contributed by atoms with Crippen LogP contribution in [0.5, 0.6) is 0 Å². The van der Waals surface area contributed by atoms with E-state index in [0.29, 0.717) is 12.1 Å². The molecule has 0 aromatic heterocycles. The number of hydrogen-bond acceptors (Lipinski definition) is 4. The summed E-state index contributed by atoms with van der Waals surface area (Å²) in [6, 6.07) is 6.06. The number of amides is 1. The third-order valence-electron chi connectivity index (χ3n) is 4.59. The molecule has 8 heteroatoms. The molecular formula is C17H28ClN3O3S. The Morgan fingerprint density at radius 3 is 2.56 bits per heavy atom. The summed E-state index contributed by atoms with van der Waals surface area (Å²) >= 11 is 0.